The lowest BCUT2D eigenvalue weighted by atomic mass is 10.2. The minimum Gasteiger partial charge on any atom is -0.490 e. The number of hydrogen-bond donors (Lipinski definition) is 1. The molecule has 0 atom stereocenters. The minimum absolute atomic E-state index is 0.0195. The first-order valence-corrected chi connectivity index (χ1v) is 6.09. The third-order valence-electron chi connectivity index (χ3n) is 2.20. The third kappa shape index (κ3) is 7.54. The smallest absolute Gasteiger partial charge is 0.411 e. The minimum atomic E-state index is -4.35. The second-order valence-electron chi connectivity index (χ2n) is 3.97. The van der Waals surface area contributed by atoms with Crippen LogP contribution in [0, 0.1) is 17.7 Å². The van der Waals surface area contributed by atoms with Crippen molar-refractivity contribution in [3.05, 3.63) is 29.6 Å². The number of aliphatic hydroxyl groups is 1. The van der Waals surface area contributed by atoms with E-state index in [0.717, 1.165) is 6.07 Å². The maximum Gasteiger partial charge on any atom is 0.411 e. The summed E-state index contributed by atoms with van der Waals surface area (Å²) in [4.78, 5) is 0. The van der Waals surface area contributed by atoms with Gasteiger partial charge in [0, 0.05) is 12.0 Å². The normalized spacial score (nSPS) is 10.9. The molecule has 0 unspecified atom stereocenters. The van der Waals surface area contributed by atoms with E-state index in [1.54, 1.807) is 0 Å². The van der Waals surface area contributed by atoms with E-state index in [4.69, 9.17) is 9.84 Å². The molecule has 1 aromatic carbocycles. The van der Waals surface area contributed by atoms with Crippen LogP contribution in [0.5, 0.6) is 5.75 Å². The number of benzene rings is 1. The van der Waals surface area contributed by atoms with Crippen LogP contribution in [0.1, 0.15) is 12.0 Å². The van der Waals surface area contributed by atoms with E-state index in [1.165, 1.54) is 12.1 Å². The fourth-order valence-corrected chi connectivity index (χ4v) is 1.36. The van der Waals surface area contributed by atoms with Gasteiger partial charge < -0.3 is 14.6 Å². The Kier molecular flexibility index (Phi) is 6.99. The summed E-state index contributed by atoms with van der Waals surface area (Å²) in [5.74, 6) is 4.36. The van der Waals surface area contributed by atoms with Crippen LogP contribution in [-0.4, -0.2) is 37.7 Å². The predicted molar refractivity (Wildman–Crippen MR) is 67.3 cm³/mol. The van der Waals surface area contributed by atoms with Gasteiger partial charge in [0.1, 0.15) is 13.2 Å². The molecule has 1 N–H and O–H groups in total. The average Bonchev–Trinajstić information content (AvgIpc) is 2.41. The molecule has 21 heavy (non-hydrogen) atoms. The van der Waals surface area contributed by atoms with Crippen molar-refractivity contribution in [2.75, 3.05) is 26.4 Å². The highest BCUT2D eigenvalue weighted by Gasteiger charge is 2.27. The zero-order chi connectivity index (χ0) is 15.7. The maximum absolute atomic E-state index is 13.4. The number of rotatable bonds is 6. The van der Waals surface area contributed by atoms with Crippen molar-refractivity contribution in [2.24, 2.45) is 0 Å². The predicted octanol–water partition coefficient (Wildman–Crippen LogP) is 2.52. The summed E-state index contributed by atoms with van der Waals surface area (Å²) in [6, 6.07) is 3.95. The quantitative estimate of drug-likeness (QED) is 0.499. The lowest BCUT2D eigenvalue weighted by Crippen LogP contribution is -2.18. The van der Waals surface area contributed by atoms with Crippen LogP contribution < -0.4 is 4.74 Å². The molecule has 1 aromatic rings. The van der Waals surface area contributed by atoms with Gasteiger partial charge in [0.25, 0.3) is 0 Å². The van der Waals surface area contributed by atoms with Gasteiger partial charge in [0.2, 0.25) is 0 Å². The molecule has 3 nitrogen and oxygen atoms in total. The summed E-state index contributed by atoms with van der Waals surface area (Å²) in [7, 11) is 0. The molecule has 1 rings (SSSR count). The van der Waals surface area contributed by atoms with Crippen molar-refractivity contribution in [2.45, 2.75) is 12.6 Å². The Morgan fingerprint density at radius 1 is 1.19 bits per heavy atom. The Bertz CT molecular complexity index is 503. The molecule has 0 saturated heterocycles. The van der Waals surface area contributed by atoms with Gasteiger partial charge in [-0.15, -0.1) is 0 Å². The molecule has 0 spiro atoms. The fraction of sp³-hybridized carbons (Fsp3) is 0.429. The summed E-state index contributed by atoms with van der Waals surface area (Å²) in [5, 5.41) is 8.56. The standard InChI is InChI=1S/C14H14F4O3/c15-12-5-4-11(3-1-6-19)9-13(12)21-8-2-7-20-10-14(16,17)18/h4-5,9,19H,2,6-8,10H2. The molecule has 7 heteroatoms. The van der Waals surface area contributed by atoms with Gasteiger partial charge >= 0.3 is 6.18 Å². The zero-order valence-electron chi connectivity index (χ0n) is 11.0. The summed E-state index contributed by atoms with van der Waals surface area (Å²) >= 11 is 0. The van der Waals surface area contributed by atoms with Crippen molar-refractivity contribution in [3.63, 3.8) is 0 Å². The van der Waals surface area contributed by atoms with Crippen molar-refractivity contribution < 1.29 is 32.1 Å². The molecule has 0 radical (unpaired) electrons. The van der Waals surface area contributed by atoms with Crippen LogP contribution in [0.4, 0.5) is 17.6 Å². The van der Waals surface area contributed by atoms with Gasteiger partial charge in [0.05, 0.1) is 13.2 Å². The molecule has 0 heterocycles. The summed E-state index contributed by atoms with van der Waals surface area (Å²) in [5.41, 5.74) is 0.466. The van der Waals surface area contributed by atoms with Crippen molar-refractivity contribution >= 4 is 0 Å². The molecule has 116 valence electrons. The SMILES string of the molecule is OCC#Cc1ccc(F)c(OCCCOCC(F)(F)F)c1. The van der Waals surface area contributed by atoms with E-state index in [1.807, 2.05) is 0 Å². The molecule has 0 saturated carbocycles. The van der Waals surface area contributed by atoms with Crippen LogP contribution >= 0.6 is 0 Å². The first-order valence-electron chi connectivity index (χ1n) is 6.09. The topological polar surface area (TPSA) is 38.7 Å². The van der Waals surface area contributed by atoms with E-state index in [0.29, 0.717) is 5.56 Å². The number of alkyl halides is 3. The third-order valence-corrected chi connectivity index (χ3v) is 2.20. The lowest BCUT2D eigenvalue weighted by Gasteiger charge is -2.09. The molecule has 0 amide bonds. The van der Waals surface area contributed by atoms with E-state index in [-0.39, 0.29) is 32.0 Å². The first kappa shape index (κ1) is 17.3. The van der Waals surface area contributed by atoms with Crippen molar-refractivity contribution in [3.8, 4) is 17.6 Å². The van der Waals surface area contributed by atoms with E-state index >= 15 is 0 Å². The van der Waals surface area contributed by atoms with Crippen LogP contribution in [0.25, 0.3) is 0 Å². The second-order valence-corrected chi connectivity index (χ2v) is 3.97. The highest BCUT2D eigenvalue weighted by molar-refractivity contribution is 5.40. The number of aliphatic hydroxyl groups excluding tert-OH is 1. The molecule has 0 aliphatic carbocycles. The Balaban J connectivity index is 2.38. The lowest BCUT2D eigenvalue weighted by molar-refractivity contribution is -0.174. The zero-order valence-corrected chi connectivity index (χ0v) is 11.0. The molecular formula is C14H14F4O3. The number of ether oxygens (including phenoxy) is 2. The van der Waals surface area contributed by atoms with Gasteiger partial charge in [0.15, 0.2) is 11.6 Å². The van der Waals surface area contributed by atoms with Crippen molar-refractivity contribution in [1.82, 2.24) is 0 Å². The van der Waals surface area contributed by atoms with Crippen molar-refractivity contribution in [1.29, 1.82) is 0 Å². The largest absolute Gasteiger partial charge is 0.490 e. The van der Waals surface area contributed by atoms with Crippen LogP contribution in [-0.2, 0) is 4.74 Å². The monoisotopic (exact) mass is 306 g/mol. The van der Waals surface area contributed by atoms with Crippen LogP contribution in [0.3, 0.4) is 0 Å². The number of hydrogen-bond acceptors (Lipinski definition) is 3. The van der Waals surface area contributed by atoms with Gasteiger partial charge in [-0.3, -0.25) is 0 Å². The Hall–Kier alpha value is -1.78. The second kappa shape index (κ2) is 8.49. The molecular weight excluding hydrogens is 292 g/mol. The maximum atomic E-state index is 13.4. The molecule has 0 fully saturated rings. The van der Waals surface area contributed by atoms with Gasteiger partial charge in [-0.25, -0.2) is 4.39 Å². The fourth-order valence-electron chi connectivity index (χ4n) is 1.36. The van der Waals surface area contributed by atoms with E-state index in [9.17, 15) is 17.6 Å². The molecule has 0 aromatic heterocycles. The van der Waals surface area contributed by atoms with Gasteiger partial charge in [-0.05, 0) is 18.2 Å². The van der Waals surface area contributed by atoms with Gasteiger partial charge in [-0.1, -0.05) is 11.8 Å². The summed E-state index contributed by atoms with van der Waals surface area (Å²) < 4.78 is 58.3. The molecule has 0 bridgehead atoms. The van der Waals surface area contributed by atoms with Gasteiger partial charge in [-0.2, -0.15) is 13.2 Å². The van der Waals surface area contributed by atoms with E-state index < -0.39 is 18.6 Å². The molecule has 0 aliphatic rings. The Labute approximate surface area is 119 Å². The Morgan fingerprint density at radius 3 is 2.62 bits per heavy atom. The van der Waals surface area contributed by atoms with Crippen LogP contribution in [0.2, 0.25) is 0 Å². The van der Waals surface area contributed by atoms with Crippen LogP contribution in [0.15, 0.2) is 18.2 Å². The summed E-state index contributed by atoms with van der Waals surface area (Å²) in [6.45, 7) is -1.74. The highest BCUT2D eigenvalue weighted by atomic mass is 19.4. The first-order chi connectivity index (χ1) is 9.92. The highest BCUT2D eigenvalue weighted by Crippen LogP contribution is 2.19. The van der Waals surface area contributed by atoms with E-state index in [2.05, 4.69) is 16.6 Å². The average molecular weight is 306 g/mol. The molecule has 0 aliphatic heterocycles. The Morgan fingerprint density at radius 2 is 1.95 bits per heavy atom. The summed E-state index contributed by atoms with van der Waals surface area (Å²) in [6.07, 6.45) is -4.16. The number of halogens is 4.